The molecule has 20 heavy (non-hydrogen) atoms. The number of carbonyl (C=O) groups is 1. The van der Waals surface area contributed by atoms with E-state index in [0.717, 1.165) is 16.7 Å². The van der Waals surface area contributed by atoms with Gasteiger partial charge in [-0.05, 0) is 47.6 Å². The van der Waals surface area contributed by atoms with Gasteiger partial charge in [0.05, 0.1) is 17.5 Å². The Morgan fingerprint density at radius 2 is 2.00 bits per heavy atom. The number of aromatic nitrogens is 3. The van der Waals surface area contributed by atoms with Gasteiger partial charge in [-0.2, -0.15) is 5.10 Å². The average molecular weight is 274 g/mol. The monoisotopic (exact) mass is 274 g/mol. The molecule has 5 nitrogen and oxygen atoms in total. The molecule has 2 heterocycles. The number of amides is 1. The van der Waals surface area contributed by atoms with Gasteiger partial charge in [-0.25, -0.2) is 9.67 Å². The summed E-state index contributed by atoms with van der Waals surface area (Å²) in [5, 5.41) is 8.19. The standard InChI is InChI=1S/C15H22N4O/c1-9(2)19-13-11(8-16-19)7-12(10(3)17-13)14(20)18-15(4,5)6/h7-9H,1-6H3,(H,18,20). The van der Waals surface area contributed by atoms with Crippen molar-refractivity contribution in [2.45, 2.75) is 53.1 Å². The molecule has 0 spiro atoms. The van der Waals surface area contributed by atoms with Gasteiger partial charge in [0.1, 0.15) is 0 Å². The molecule has 0 aromatic carbocycles. The van der Waals surface area contributed by atoms with E-state index in [1.807, 2.05) is 38.4 Å². The van der Waals surface area contributed by atoms with Crippen LogP contribution >= 0.6 is 0 Å². The molecule has 1 amide bonds. The van der Waals surface area contributed by atoms with E-state index in [0.29, 0.717) is 5.56 Å². The summed E-state index contributed by atoms with van der Waals surface area (Å²) in [6, 6.07) is 2.11. The lowest BCUT2D eigenvalue weighted by Gasteiger charge is -2.21. The molecule has 0 aliphatic carbocycles. The fourth-order valence-electron chi connectivity index (χ4n) is 2.08. The van der Waals surface area contributed by atoms with Crippen LogP contribution in [-0.4, -0.2) is 26.2 Å². The minimum atomic E-state index is -0.263. The number of nitrogens with one attached hydrogen (secondary N) is 1. The van der Waals surface area contributed by atoms with Crippen molar-refractivity contribution >= 4 is 16.9 Å². The highest BCUT2D eigenvalue weighted by molar-refractivity contribution is 5.98. The van der Waals surface area contributed by atoms with Gasteiger partial charge in [-0.15, -0.1) is 0 Å². The van der Waals surface area contributed by atoms with Gasteiger partial charge in [0.2, 0.25) is 0 Å². The molecular weight excluding hydrogens is 252 g/mol. The number of rotatable bonds is 2. The number of pyridine rings is 1. The molecule has 0 aliphatic heterocycles. The topological polar surface area (TPSA) is 59.8 Å². The lowest BCUT2D eigenvalue weighted by atomic mass is 10.1. The van der Waals surface area contributed by atoms with Gasteiger partial charge in [0.25, 0.3) is 5.91 Å². The van der Waals surface area contributed by atoms with E-state index in [9.17, 15) is 4.79 Å². The van der Waals surface area contributed by atoms with Crippen LogP contribution in [0, 0.1) is 6.92 Å². The molecule has 0 saturated heterocycles. The Hall–Kier alpha value is -1.91. The van der Waals surface area contributed by atoms with E-state index in [-0.39, 0.29) is 17.5 Å². The predicted molar refractivity (Wildman–Crippen MR) is 79.9 cm³/mol. The molecule has 0 aliphatic rings. The van der Waals surface area contributed by atoms with Crippen LogP contribution < -0.4 is 5.32 Å². The maximum atomic E-state index is 12.3. The molecule has 0 fully saturated rings. The maximum absolute atomic E-state index is 12.3. The number of carbonyl (C=O) groups excluding carboxylic acids is 1. The second-order valence-electron chi connectivity index (χ2n) is 6.42. The first kappa shape index (κ1) is 14.5. The van der Waals surface area contributed by atoms with Gasteiger partial charge in [-0.1, -0.05) is 0 Å². The van der Waals surface area contributed by atoms with Crippen molar-refractivity contribution < 1.29 is 4.79 Å². The summed E-state index contributed by atoms with van der Waals surface area (Å²) in [6.07, 6.45) is 1.76. The van der Waals surface area contributed by atoms with E-state index in [1.165, 1.54) is 0 Å². The Morgan fingerprint density at radius 3 is 2.55 bits per heavy atom. The van der Waals surface area contributed by atoms with Crippen LogP contribution in [0.5, 0.6) is 0 Å². The number of hydrogen-bond acceptors (Lipinski definition) is 3. The molecule has 0 bridgehead atoms. The molecule has 108 valence electrons. The van der Waals surface area contributed by atoms with Gasteiger partial charge < -0.3 is 5.32 Å². The van der Waals surface area contributed by atoms with Crippen LogP contribution in [0.2, 0.25) is 0 Å². The molecule has 0 radical (unpaired) electrons. The zero-order chi connectivity index (χ0) is 15.1. The second-order valence-corrected chi connectivity index (χ2v) is 6.42. The fraction of sp³-hybridized carbons (Fsp3) is 0.533. The summed E-state index contributed by atoms with van der Waals surface area (Å²) in [5.74, 6) is -0.0957. The van der Waals surface area contributed by atoms with E-state index in [4.69, 9.17) is 0 Å². The lowest BCUT2D eigenvalue weighted by molar-refractivity contribution is 0.0918. The van der Waals surface area contributed by atoms with Gasteiger partial charge in [0.15, 0.2) is 5.65 Å². The van der Waals surface area contributed by atoms with Crippen LogP contribution in [0.4, 0.5) is 0 Å². The van der Waals surface area contributed by atoms with Crippen molar-refractivity contribution in [1.29, 1.82) is 0 Å². The van der Waals surface area contributed by atoms with Crippen LogP contribution in [0.1, 0.15) is 56.7 Å². The third-order valence-electron chi connectivity index (χ3n) is 2.98. The molecule has 2 rings (SSSR count). The van der Waals surface area contributed by atoms with Crippen molar-refractivity contribution in [2.75, 3.05) is 0 Å². The Balaban J connectivity index is 2.47. The number of fused-ring (bicyclic) bond motifs is 1. The smallest absolute Gasteiger partial charge is 0.253 e. The average Bonchev–Trinajstić information content (AvgIpc) is 2.68. The van der Waals surface area contributed by atoms with Crippen molar-refractivity contribution in [3.05, 3.63) is 23.5 Å². The molecule has 0 saturated carbocycles. The van der Waals surface area contributed by atoms with Gasteiger partial charge in [0, 0.05) is 17.0 Å². The van der Waals surface area contributed by atoms with E-state index in [2.05, 4.69) is 29.2 Å². The van der Waals surface area contributed by atoms with Crippen molar-refractivity contribution in [3.8, 4) is 0 Å². The van der Waals surface area contributed by atoms with Crippen LogP contribution in [0.15, 0.2) is 12.3 Å². The lowest BCUT2D eigenvalue weighted by Crippen LogP contribution is -2.40. The zero-order valence-corrected chi connectivity index (χ0v) is 13.0. The summed E-state index contributed by atoms with van der Waals surface area (Å²) in [5.41, 5.74) is 1.89. The Labute approximate surface area is 119 Å². The molecule has 0 atom stereocenters. The highest BCUT2D eigenvalue weighted by Gasteiger charge is 2.19. The zero-order valence-electron chi connectivity index (χ0n) is 13.0. The molecule has 2 aromatic rings. The summed E-state index contributed by atoms with van der Waals surface area (Å²) in [6.45, 7) is 11.9. The largest absolute Gasteiger partial charge is 0.347 e. The number of aryl methyl sites for hydroxylation is 1. The number of hydrogen-bond donors (Lipinski definition) is 1. The predicted octanol–water partition coefficient (Wildman–Crippen LogP) is 2.85. The fourth-order valence-corrected chi connectivity index (χ4v) is 2.08. The van der Waals surface area contributed by atoms with Crippen molar-refractivity contribution in [2.24, 2.45) is 0 Å². The van der Waals surface area contributed by atoms with E-state index < -0.39 is 0 Å². The van der Waals surface area contributed by atoms with Crippen LogP contribution in [0.25, 0.3) is 11.0 Å². The van der Waals surface area contributed by atoms with Gasteiger partial charge in [-0.3, -0.25) is 4.79 Å². The summed E-state index contributed by atoms with van der Waals surface area (Å²) >= 11 is 0. The van der Waals surface area contributed by atoms with E-state index >= 15 is 0 Å². The third-order valence-corrected chi connectivity index (χ3v) is 2.98. The van der Waals surface area contributed by atoms with Crippen LogP contribution in [0.3, 0.4) is 0 Å². The highest BCUT2D eigenvalue weighted by atomic mass is 16.1. The highest BCUT2D eigenvalue weighted by Crippen LogP contribution is 2.19. The molecular formula is C15H22N4O. The van der Waals surface area contributed by atoms with Gasteiger partial charge >= 0.3 is 0 Å². The first-order valence-electron chi connectivity index (χ1n) is 6.86. The summed E-state index contributed by atoms with van der Waals surface area (Å²) in [7, 11) is 0. The molecule has 5 heteroatoms. The molecule has 1 N–H and O–H groups in total. The first-order valence-corrected chi connectivity index (χ1v) is 6.86. The van der Waals surface area contributed by atoms with Crippen LogP contribution in [-0.2, 0) is 0 Å². The Bertz CT molecular complexity index is 650. The van der Waals surface area contributed by atoms with E-state index in [1.54, 1.807) is 6.20 Å². The third kappa shape index (κ3) is 2.81. The minimum Gasteiger partial charge on any atom is -0.347 e. The second kappa shape index (κ2) is 4.89. The first-order chi connectivity index (χ1) is 9.19. The number of nitrogens with zero attached hydrogens (tertiary/aromatic N) is 3. The Morgan fingerprint density at radius 1 is 1.35 bits per heavy atom. The summed E-state index contributed by atoms with van der Waals surface area (Å²) < 4.78 is 1.87. The summed E-state index contributed by atoms with van der Waals surface area (Å²) in [4.78, 5) is 16.8. The normalized spacial score (nSPS) is 12.2. The SMILES string of the molecule is Cc1nc2c(cnn2C(C)C)cc1C(=O)NC(C)(C)C. The van der Waals surface area contributed by atoms with Crippen molar-refractivity contribution in [3.63, 3.8) is 0 Å². The van der Waals surface area contributed by atoms with Crippen molar-refractivity contribution in [1.82, 2.24) is 20.1 Å². The molecule has 0 unspecified atom stereocenters. The molecule has 2 aromatic heterocycles. The quantitative estimate of drug-likeness (QED) is 0.916. The maximum Gasteiger partial charge on any atom is 0.253 e. The Kier molecular flexibility index (Phi) is 3.54. The minimum absolute atomic E-state index is 0.0957.